The lowest BCUT2D eigenvalue weighted by Gasteiger charge is -2.26. The van der Waals surface area contributed by atoms with Crippen LogP contribution in [0.25, 0.3) is 11.3 Å². The molecule has 0 saturated heterocycles. The molecule has 1 aromatic heterocycles. The first-order chi connectivity index (χ1) is 13.4. The van der Waals surface area contributed by atoms with E-state index in [4.69, 9.17) is 10.5 Å². The van der Waals surface area contributed by atoms with Gasteiger partial charge in [0.25, 0.3) is 0 Å². The monoisotopic (exact) mass is 376 g/mol. The smallest absolute Gasteiger partial charge is 0.248 e. The molecule has 0 bridgehead atoms. The Kier molecular flexibility index (Phi) is 6.01. The fourth-order valence-electron chi connectivity index (χ4n) is 2.62. The summed E-state index contributed by atoms with van der Waals surface area (Å²) in [6.45, 7) is 5.20. The Hall–Kier alpha value is -3.25. The maximum Gasteiger partial charge on any atom is 0.248 e. The van der Waals surface area contributed by atoms with Gasteiger partial charge in [0.2, 0.25) is 5.91 Å². The predicted molar refractivity (Wildman–Crippen MR) is 110 cm³/mol. The van der Waals surface area contributed by atoms with Crippen LogP contribution in [0.4, 0.5) is 5.82 Å². The summed E-state index contributed by atoms with van der Waals surface area (Å²) in [5.74, 6) is 0.192. The van der Waals surface area contributed by atoms with Gasteiger partial charge < -0.3 is 15.8 Å². The maximum atomic E-state index is 11.3. The summed E-state index contributed by atoms with van der Waals surface area (Å²) in [5.41, 5.74) is 8.01. The van der Waals surface area contributed by atoms with Crippen LogP contribution in [0.1, 0.15) is 29.8 Å². The Morgan fingerprint density at radius 2 is 1.82 bits per heavy atom. The molecule has 6 heteroatoms. The summed E-state index contributed by atoms with van der Waals surface area (Å²) in [6.07, 6.45) is 0. The number of benzene rings is 2. The van der Waals surface area contributed by atoms with Gasteiger partial charge in [0.05, 0.1) is 17.9 Å². The van der Waals surface area contributed by atoms with Crippen LogP contribution >= 0.6 is 0 Å². The average molecular weight is 376 g/mol. The summed E-state index contributed by atoms with van der Waals surface area (Å²) >= 11 is 0. The number of rotatable bonds is 8. The van der Waals surface area contributed by atoms with E-state index in [2.05, 4.69) is 15.5 Å². The Balaban J connectivity index is 1.58. The van der Waals surface area contributed by atoms with Crippen molar-refractivity contribution in [2.24, 2.45) is 5.73 Å². The highest BCUT2D eigenvalue weighted by molar-refractivity contribution is 5.93. The highest BCUT2D eigenvalue weighted by Crippen LogP contribution is 2.19. The minimum absolute atomic E-state index is 0.369. The number of nitrogens with one attached hydrogen (secondary N) is 1. The number of hydrogen-bond donors (Lipinski definition) is 2. The van der Waals surface area contributed by atoms with Crippen molar-refractivity contribution in [3.63, 3.8) is 0 Å². The number of nitrogens with two attached hydrogens (primary N) is 1. The molecule has 0 aliphatic rings. The number of ether oxygens (including phenoxy) is 1. The first-order valence-corrected chi connectivity index (χ1v) is 9.09. The van der Waals surface area contributed by atoms with Crippen molar-refractivity contribution in [1.82, 2.24) is 10.2 Å². The molecule has 0 atom stereocenters. The van der Waals surface area contributed by atoms with Crippen molar-refractivity contribution in [1.29, 1.82) is 0 Å². The van der Waals surface area contributed by atoms with Crippen LogP contribution < -0.4 is 11.1 Å². The molecule has 0 aliphatic carbocycles. The molecule has 3 N–H and O–H groups in total. The van der Waals surface area contributed by atoms with Crippen LogP contribution in [0.15, 0.2) is 66.7 Å². The van der Waals surface area contributed by atoms with Crippen LogP contribution in [-0.2, 0) is 11.3 Å². The van der Waals surface area contributed by atoms with Crippen LogP contribution in [-0.4, -0.2) is 28.3 Å². The largest absolute Gasteiger partial charge is 0.369 e. The molecule has 0 aliphatic heterocycles. The number of nitrogens with zero attached hydrogens (tertiary/aromatic N) is 2. The van der Waals surface area contributed by atoms with Crippen molar-refractivity contribution in [3.05, 3.63) is 77.9 Å². The van der Waals surface area contributed by atoms with E-state index in [9.17, 15) is 4.79 Å². The Morgan fingerprint density at radius 3 is 2.50 bits per heavy atom. The quantitative estimate of drug-likeness (QED) is 0.626. The lowest BCUT2D eigenvalue weighted by molar-refractivity contribution is -0.0192. The lowest BCUT2D eigenvalue weighted by Crippen LogP contribution is -2.33. The predicted octanol–water partition coefficient (Wildman–Crippen LogP) is 3.65. The van der Waals surface area contributed by atoms with Crippen molar-refractivity contribution >= 4 is 11.7 Å². The SMILES string of the molecule is CC(C)(CNc1ccc(-c2cccc(C(N)=O)c2)nn1)OCc1ccccc1. The Bertz CT molecular complexity index is 925. The van der Waals surface area contributed by atoms with Crippen LogP contribution in [0.2, 0.25) is 0 Å². The Labute approximate surface area is 164 Å². The van der Waals surface area contributed by atoms with E-state index >= 15 is 0 Å². The fraction of sp³-hybridized carbons (Fsp3) is 0.227. The molecule has 0 fully saturated rings. The van der Waals surface area contributed by atoms with Crippen LogP contribution in [0.3, 0.4) is 0 Å². The van der Waals surface area contributed by atoms with Crippen molar-refractivity contribution in [3.8, 4) is 11.3 Å². The van der Waals surface area contributed by atoms with Crippen molar-refractivity contribution < 1.29 is 9.53 Å². The van der Waals surface area contributed by atoms with Gasteiger partial charge in [-0.05, 0) is 43.7 Å². The second-order valence-electron chi connectivity index (χ2n) is 7.14. The number of carbonyl (C=O) groups is 1. The zero-order chi connectivity index (χ0) is 20.0. The van der Waals surface area contributed by atoms with Crippen LogP contribution in [0, 0.1) is 0 Å². The van der Waals surface area contributed by atoms with E-state index in [0.717, 1.165) is 11.1 Å². The summed E-state index contributed by atoms with van der Waals surface area (Å²) in [6, 6.07) is 20.8. The second-order valence-corrected chi connectivity index (χ2v) is 7.14. The summed E-state index contributed by atoms with van der Waals surface area (Å²) < 4.78 is 6.01. The van der Waals surface area contributed by atoms with Gasteiger partial charge in [0.1, 0.15) is 5.82 Å². The third-order valence-corrected chi connectivity index (χ3v) is 4.28. The number of amides is 1. The molecule has 1 heterocycles. The zero-order valence-electron chi connectivity index (χ0n) is 16.1. The van der Waals surface area contributed by atoms with Gasteiger partial charge in [-0.3, -0.25) is 4.79 Å². The molecule has 6 nitrogen and oxygen atoms in total. The second kappa shape index (κ2) is 8.63. The van der Waals surface area contributed by atoms with Gasteiger partial charge in [-0.15, -0.1) is 10.2 Å². The minimum Gasteiger partial charge on any atom is -0.369 e. The van der Waals surface area contributed by atoms with Gasteiger partial charge in [0.15, 0.2) is 0 Å². The highest BCUT2D eigenvalue weighted by Gasteiger charge is 2.18. The first kappa shape index (κ1) is 19.5. The molecule has 1 amide bonds. The molecule has 3 aromatic rings. The maximum absolute atomic E-state index is 11.3. The molecule has 2 aromatic carbocycles. The van der Waals surface area contributed by atoms with Gasteiger partial charge in [-0.2, -0.15) is 0 Å². The third-order valence-electron chi connectivity index (χ3n) is 4.28. The molecule has 0 radical (unpaired) electrons. The number of anilines is 1. The zero-order valence-corrected chi connectivity index (χ0v) is 16.1. The first-order valence-electron chi connectivity index (χ1n) is 9.09. The normalized spacial score (nSPS) is 11.2. The van der Waals surface area contributed by atoms with E-state index in [-0.39, 0.29) is 5.60 Å². The summed E-state index contributed by atoms with van der Waals surface area (Å²) in [5, 5.41) is 11.7. The standard InChI is InChI=1S/C22H24N4O2/c1-22(2,28-14-16-7-4-3-5-8-16)15-24-20-12-11-19(25-26-20)17-9-6-10-18(13-17)21(23)27/h3-13H,14-15H2,1-2H3,(H2,23,27)(H,24,26). The van der Waals surface area contributed by atoms with Gasteiger partial charge in [-0.1, -0.05) is 42.5 Å². The third kappa shape index (κ3) is 5.37. The highest BCUT2D eigenvalue weighted by atomic mass is 16.5. The molecular weight excluding hydrogens is 352 g/mol. The van der Waals surface area contributed by atoms with Gasteiger partial charge in [-0.25, -0.2) is 0 Å². The molecule has 3 rings (SSSR count). The number of aromatic nitrogens is 2. The van der Waals surface area contributed by atoms with E-state index in [1.54, 1.807) is 18.2 Å². The van der Waals surface area contributed by atoms with Crippen LogP contribution in [0.5, 0.6) is 0 Å². The summed E-state index contributed by atoms with van der Waals surface area (Å²) in [7, 11) is 0. The molecule has 144 valence electrons. The topological polar surface area (TPSA) is 90.1 Å². The molecule has 0 spiro atoms. The summed E-state index contributed by atoms with van der Waals surface area (Å²) in [4.78, 5) is 11.3. The minimum atomic E-state index is -0.467. The van der Waals surface area contributed by atoms with E-state index < -0.39 is 5.91 Å². The average Bonchev–Trinajstić information content (AvgIpc) is 2.72. The lowest BCUT2D eigenvalue weighted by atomic mass is 10.1. The Morgan fingerprint density at radius 1 is 1.04 bits per heavy atom. The van der Waals surface area contributed by atoms with Crippen molar-refractivity contribution in [2.75, 3.05) is 11.9 Å². The van der Waals surface area contributed by atoms with Crippen molar-refractivity contribution in [2.45, 2.75) is 26.1 Å². The van der Waals surface area contributed by atoms with E-state index in [1.807, 2.05) is 62.4 Å². The molecular formula is C22H24N4O2. The number of primary amides is 1. The number of carbonyl (C=O) groups excluding carboxylic acids is 1. The number of hydrogen-bond acceptors (Lipinski definition) is 5. The van der Waals surface area contributed by atoms with Gasteiger partial charge >= 0.3 is 0 Å². The molecule has 0 saturated carbocycles. The van der Waals surface area contributed by atoms with E-state index in [0.29, 0.717) is 30.2 Å². The van der Waals surface area contributed by atoms with E-state index in [1.165, 1.54) is 0 Å². The molecule has 28 heavy (non-hydrogen) atoms. The fourth-order valence-corrected chi connectivity index (χ4v) is 2.62. The van der Waals surface area contributed by atoms with Gasteiger partial charge in [0, 0.05) is 17.7 Å². The molecule has 0 unspecified atom stereocenters.